The molecular formula is C11H14N2O4. The molecule has 0 saturated carbocycles. The smallest absolute Gasteiger partial charge is 0.328 e. The lowest BCUT2D eigenvalue weighted by Gasteiger charge is -2.13. The topological polar surface area (TPSA) is 98.7 Å². The molecule has 4 N–H and O–H groups in total. The van der Waals surface area contributed by atoms with Crippen LogP contribution in [0, 0.1) is 6.92 Å². The maximum absolute atomic E-state index is 11.4. The molecule has 0 aromatic heterocycles. The summed E-state index contributed by atoms with van der Waals surface area (Å²) in [5, 5.41) is 22.0. The first-order chi connectivity index (χ1) is 8.04. The number of carbonyl (C=O) groups is 2. The minimum absolute atomic E-state index is 0.590. The molecule has 1 aromatic carbocycles. The van der Waals surface area contributed by atoms with Crippen molar-refractivity contribution in [3.05, 3.63) is 29.8 Å². The van der Waals surface area contributed by atoms with Gasteiger partial charge in [0.05, 0.1) is 6.61 Å². The van der Waals surface area contributed by atoms with Gasteiger partial charge in [-0.2, -0.15) is 0 Å². The van der Waals surface area contributed by atoms with E-state index < -0.39 is 24.6 Å². The fraction of sp³-hybridized carbons (Fsp3) is 0.273. The fourth-order valence-electron chi connectivity index (χ4n) is 1.22. The van der Waals surface area contributed by atoms with Crippen molar-refractivity contribution in [1.29, 1.82) is 0 Å². The van der Waals surface area contributed by atoms with Gasteiger partial charge in [-0.25, -0.2) is 9.59 Å². The second-order valence-electron chi connectivity index (χ2n) is 3.49. The molecular weight excluding hydrogens is 224 g/mol. The van der Waals surface area contributed by atoms with Gasteiger partial charge in [0.15, 0.2) is 6.04 Å². The molecule has 17 heavy (non-hydrogen) atoms. The number of nitrogens with one attached hydrogen (secondary N) is 2. The highest BCUT2D eigenvalue weighted by Crippen LogP contribution is 2.12. The van der Waals surface area contributed by atoms with Gasteiger partial charge in [-0.3, -0.25) is 0 Å². The number of aliphatic carboxylic acids is 1. The molecule has 92 valence electrons. The Morgan fingerprint density at radius 2 is 2.00 bits per heavy atom. The number of carboxylic acid groups (broad SMARTS) is 1. The van der Waals surface area contributed by atoms with Crippen molar-refractivity contribution >= 4 is 17.7 Å². The summed E-state index contributed by atoms with van der Waals surface area (Å²) in [6.07, 6.45) is 0. The number of aliphatic hydroxyl groups excluding tert-OH is 1. The molecule has 0 radical (unpaired) electrons. The number of carboxylic acids is 1. The van der Waals surface area contributed by atoms with Crippen molar-refractivity contribution in [3.63, 3.8) is 0 Å². The predicted octanol–water partition coefficient (Wildman–Crippen LogP) is 0.562. The number of hydrogen-bond acceptors (Lipinski definition) is 3. The number of anilines is 1. The van der Waals surface area contributed by atoms with Gasteiger partial charge in [0.25, 0.3) is 0 Å². The van der Waals surface area contributed by atoms with E-state index in [1.165, 1.54) is 0 Å². The van der Waals surface area contributed by atoms with E-state index in [1.54, 1.807) is 12.1 Å². The van der Waals surface area contributed by atoms with Crippen molar-refractivity contribution in [3.8, 4) is 0 Å². The zero-order valence-corrected chi connectivity index (χ0v) is 9.30. The number of amides is 2. The van der Waals surface area contributed by atoms with Crippen LogP contribution in [-0.4, -0.2) is 34.9 Å². The van der Waals surface area contributed by atoms with E-state index in [0.29, 0.717) is 5.69 Å². The van der Waals surface area contributed by atoms with Gasteiger partial charge >= 0.3 is 12.0 Å². The molecule has 0 fully saturated rings. The van der Waals surface area contributed by atoms with Crippen LogP contribution in [0.5, 0.6) is 0 Å². The zero-order chi connectivity index (χ0) is 12.8. The summed E-state index contributed by atoms with van der Waals surface area (Å²) < 4.78 is 0. The van der Waals surface area contributed by atoms with Crippen molar-refractivity contribution < 1.29 is 19.8 Å². The second-order valence-corrected chi connectivity index (χ2v) is 3.49. The van der Waals surface area contributed by atoms with Crippen LogP contribution in [0.3, 0.4) is 0 Å². The van der Waals surface area contributed by atoms with Crippen LogP contribution in [0.25, 0.3) is 0 Å². The Bertz CT molecular complexity index is 420. The maximum Gasteiger partial charge on any atom is 0.328 e. The van der Waals surface area contributed by atoms with Crippen LogP contribution in [0.1, 0.15) is 5.56 Å². The molecule has 0 saturated heterocycles. The van der Waals surface area contributed by atoms with E-state index in [9.17, 15) is 9.59 Å². The monoisotopic (exact) mass is 238 g/mol. The van der Waals surface area contributed by atoms with E-state index in [4.69, 9.17) is 10.2 Å². The SMILES string of the molecule is Cc1ccccc1NC(=O)NC(CO)C(=O)O. The molecule has 6 nitrogen and oxygen atoms in total. The Hall–Kier alpha value is -2.08. The Morgan fingerprint density at radius 3 is 2.53 bits per heavy atom. The fourth-order valence-corrected chi connectivity index (χ4v) is 1.22. The number of para-hydroxylation sites is 1. The summed E-state index contributed by atoms with van der Waals surface area (Å²) in [4.78, 5) is 22.0. The zero-order valence-electron chi connectivity index (χ0n) is 9.30. The largest absolute Gasteiger partial charge is 0.480 e. The highest BCUT2D eigenvalue weighted by Gasteiger charge is 2.18. The molecule has 6 heteroatoms. The summed E-state index contributed by atoms with van der Waals surface area (Å²) in [5.74, 6) is -1.28. The lowest BCUT2D eigenvalue weighted by Crippen LogP contribution is -2.45. The number of aliphatic hydroxyl groups is 1. The second kappa shape index (κ2) is 5.86. The van der Waals surface area contributed by atoms with Crippen LogP contribution in [0.4, 0.5) is 10.5 Å². The summed E-state index contributed by atoms with van der Waals surface area (Å²) in [6, 6.07) is 5.12. The molecule has 0 aliphatic rings. The highest BCUT2D eigenvalue weighted by molar-refractivity contribution is 5.92. The molecule has 1 rings (SSSR count). The predicted molar refractivity (Wildman–Crippen MR) is 61.8 cm³/mol. The summed E-state index contributed by atoms with van der Waals surface area (Å²) in [7, 11) is 0. The summed E-state index contributed by atoms with van der Waals surface area (Å²) in [6.45, 7) is 1.16. The number of rotatable bonds is 4. The number of aryl methyl sites for hydroxylation is 1. The van der Waals surface area contributed by atoms with Crippen LogP contribution in [0.15, 0.2) is 24.3 Å². The standard InChI is InChI=1S/C11H14N2O4/c1-7-4-2-3-5-8(7)12-11(17)13-9(6-14)10(15)16/h2-5,9,14H,6H2,1H3,(H,15,16)(H2,12,13,17). The molecule has 0 bridgehead atoms. The third-order valence-corrected chi connectivity index (χ3v) is 2.18. The van der Waals surface area contributed by atoms with Crippen molar-refractivity contribution in [2.45, 2.75) is 13.0 Å². The quantitative estimate of drug-likeness (QED) is 0.616. The van der Waals surface area contributed by atoms with E-state index in [1.807, 2.05) is 19.1 Å². The minimum Gasteiger partial charge on any atom is -0.480 e. The number of hydrogen-bond donors (Lipinski definition) is 4. The van der Waals surface area contributed by atoms with Gasteiger partial charge in [-0.1, -0.05) is 18.2 Å². The average molecular weight is 238 g/mol. The minimum atomic E-state index is -1.31. The molecule has 0 aliphatic heterocycles. The lowest BCUT2D eigenvalue weighted by atomic mass is 10.2. The third kappa shape index (κ3) is 3.76. The molecule has 2 amide bonds. The first-order valence-electron chi connectivity index (χ1n) is 5.01. The van der Waals surface area contributed by atoms with Crippen molar-refractivity contribution in [2.75, 3.05) is 11.9 Å². The van der Waals surface area contributed by atoms with E-state index in [0.717, 1.165) is 5.56 Å². The van der Waals surface area contributed by atoms with Crippen molar-refractivity contribution in [1.82, 2.24) is 5.32 Å². The van der Waals surface area contributed by atoms with Crippen LogP contribution < -0.4 is 10.6 Å². The van der Waals surface area contributed by atoms with E-state index in [2.05, 4.69) is 10.6 Å². The van der Waals surface area contributed by atoms with Crippen molar-refractivity contribution in [2.24, 2.45) is 0 Å². The van der Waals surface area contributed by atoms with Crippen LogP contribution in [-0.2, 0) is 4.79 Å². The van der Waals surface area contributed by atoms with Gasteiger partial charge in [-0.15, -0.1) is 0 Å². The highest BCUT2D eigenvalue weighted by atomic mass is 16.4. The van der Waals surface area contributed by atoms with E-state index in [-0.39, 0.29) is 0 Å². The molecule has 1 unspecified atom stereocenters. The Balaban J connectivity index is 2.61. The normalized spacial score (nSPS) is 11.6. The Labute approximate surface area is 98.3 Å². The molecule has 1 atom stereocenters. The lowest BCUT2D eigenvalue weighted by molar-refractivity contribution is -0.140. The van der Waals surface area contributed by atoms with Gasteiger partial charge in [-0.05, 0) is 18.6 Å². The van der Waals surface area contributed by atoms with Gasteiger partial charge in [0.2, 0.25) is 0 Å². The average Bonchev–Trinajstić information content (AvgIpc) is 2.28. The van der Waals surface area contributed by atoms with E-state index >= 15 is 0 Å². The molecule has 0 aliphatic carbocycles. The first kappa shape index (κ1) is 13.0. The molecule has 0 spiro atoms. The Kier molecular flexibility index (Phi) is 4.47. The number of urea groups is 1. The van der Waals surface area contributed by atoms with Crippen LogP contribution >= 0.6 is 0 Å². The van der Waals surface area contributed by atoms with Gasteiger partial charge in [0, 0.05) is 5.69 Å². The maximum atomic E-state index is 11.4. The first-order valence-corrected chi connectivity index (χ1v) is 5.01. The number of benzene rings is 1. The Morgan fingerprint density at radius 1 is 1.35 bits per heavy atom. The van der Waals surface area contributed by atoms with Gasteiger partial charge < -0.3 is 20.8 Å². The molecule has 1 aromatic rings. The number of carbonyl (C=O) groups excluding carboxylic acids is 1. The summed E-state index contributed by atoms with van der Waals surface area (Å²) in [5.41, 5.74) is 1.45. The molecule has 0 heterocycles. The van der Waals surface area contributed by atoms with Crippen LogP contribution in [0.2, 0.25) is 0 Å². The third-order valence-electron chi connectivity index (χ3n) is 2.18. The summed E-state index contributed by atoms with van der Waals surface area (Å²) >= 11 is 0. The van der Waals surface area contributed by atoms with Gasteiger partial charge in [0.1, 0.15) is 0 Å².